The zero-order valence-corrected chi connectivity index (χ0v) is 13.4. The molecule has 0 aliphatic heterocycles. The van der Waals surface area contributed by atoms with E-state index in [9.17, 15) is 4.79 Å². The quantitative estimate of drug-likeness (QED) is 0.832. The third-order valence-electron chi connectivity index (χ3n) is 4.37. The number of hydrogen-bond acceptors (Lipinski definition) is 3. The number of nitrogens with one attached hydrogen (secondary N) is 2. The van der Waals surface area contributed by atoms with E-state index in [4.69, 9.17) is 4.74 Å². The number of ether oxygens (including phenoxy) is 1. The van der Waals surface area contributed by atoms with Gasteiger partial charge in [-0.1, -0.05) is 13.3 Å². The van der Waals surface area contributed by atoms with Gasteiger partial charge in [0, 0.05) is 18.1 Å². The Morgan fingerprint density at radius 3 is 2.35 bits per heavy atom. The van der Waals surface area contributed by atoms with E-state index < -0.39 is 5.60 Å². The maximum Gasteiger partial charge on any atom is 0.407 e. The molecule has 1 amide bonds. The van der Waals surface area contributed by atoms with Gasteiger partial charge in [-0.3, -0.25) is 0 Å². The summed E-state index contributed by atoms with van der Waals surface area (Å²) in [6, 6.07) is 1.35. The van der Waals surface area contributed by atoms with Crippen molar-refractivity contribution in [3.05, 3.63) is 0 Å². The summed E-state index contributed by atoms with van der Waals surface area (Å²) in [6.45, 7) is 7.96. The van der Waals surface area contributed by atoms with E-state index in [2.05, 4.69) is 17.6 Å². The maximum absolute atomic E-state index is 11.7. The van der Waals surface area contributed by atoms with Crippen LogP contribution in [0.4, 0.5) is 4.79 Å². The van der Waals surface area contributed by atoms with Crippen LogP contribution in [-0.2, 0) is 4.74 Å². The van der Waals surface area contributed by atoms with Gasteiger partial charge in [-0.2, -0.15) is 0 Å². The van der Waals surface area contributed by atoms with Crippen LogP contribution in [0.1, 0.15) is 66.2 Å². The first-order valence-electron chi connectivity index (χ1n) is 8.13. The van der Waals surface area contributed by atoms with Gasteiger partial charge in [0.05, 0.1) is 0 Å². The average molecular weight is 282 g/mol. The highest BCUT2D eigenvalue weighted by Gasteiger charge is 2.40. The summed E-state index contributed by atoms with van der Waals surface area (Å²) in [5, 5.41) is 6.63. The fourth-order valence-corrected chi connectivity index (χ4v) is 3.04. The molecule has 2 saturated carbocycles. The Balaban J connectivity index is 1.62. The number of carbonyl (C=O) groups excluding carboxylic acids is 1. The Kier molecular flexibility index (Phi) is 4.95. The summed E-state index contributed by atoms with van der Waals surface area (Å²) in [5.74, 6) is 0.933. The van der Waals surface area contributed by atoms with E-state index in [0.717, 1.165) is 12.3 Å². The average Bonchev–Trinajstić information content (AvgIpc) is 3.05. The van der Waals surface area contributed by atoms with E-state index in [1.807, 2.05) is 20.8 Å². The molecule has 0 bridgehead atoms. The van der Waals surface area contributed by atoms with Crippen LogP contribution >= 0.6 is 0 Å². The monoisotopic (exact) mass is 282 g/mol. The van der Waals surface area contributed by atoms with Crippen LogP contribution in [0.5, 0.6) is 0 Å². The number of amides is 1. The van der Waals surface area contributed by atoms with E-state index in [1.54, 1.807) is 0 Å². The first kappa shape index (κ1) is 15.6. The predicted octanol–water partition coefficient (Wildman–Crippen LogP) is 3.21. The van der Waals surface area contributed by atoms with E-state index in [1.165, 1.54) is 32.1 Å². The molecule has 0 saturated heterocycles. The highest BCUT2D eigenvalue weighted by Crippen LogP contribution is 2.30. The minimum Gasteiger partial charge on any atom is -0.444 e. The molecule has 2 rings (SSSR count). The van der Waals surface area contributed by atoms with E-state index in [-0.39, 0.29) is 12.1 Å². The molecule has 4 nitrogen and oxygen atoms in total. The van der Waals surface area contributed by atoms with Gasteiger partial charge in [-0.15, -0.1) is 0 Å². The molecule has 0 aromatic rings. The molecule has 2 N–H and O–H groups in total. The van der Waals surface area contributed by atoms with Crippen molar-refractivity contribution in [1.82, 2.24) is 10.6 Å². The normalized spacial score (nSPS) is 33.6. The second kappa shape index (κ2) is 6.33. The Labute approximate surface area is 123 Å². The molecule has 2 aliphatic rings. The molecule has 0 aromatic heterocycles. The van der Waals surface area contributed by atoms with Crippen LogP contribution in [0.2, 0.25) is 0 Å². The van der Waals surface area contributed by atoms with Crippen LogP contribution in [-0.4, -0.2) is 29.8 Å². The molecule has 20 heavy (non-hydrogen) atoms. The Morgan fingerprint density at radius 1 is 1.15 bits per heavy atom. The molecular weight excluding hydrogens is 252 g/mol. The number of hydrogen-bond donors (Lipinski definition) is 2. The van der Waals surface area contributed by atoms with Gasteiger partial charge < -0.3 is 15.4 Å². The molecule has 2 atom stereocenters. The topological polar surface area (TPSA) is 50.4 Å². The fourth-order valence-electron chi connectivity index (χ4n) is 3.04. The molecule has 2 aliphatic carbocycles. The van der Waals surface area contributed by atoms with E-state index in [0.29, 0.717) is 12.1 Å². The minimum atomic E-state index is -0.416. The van der Waals surface area contributed by atoms with Crippen molar-refractivity contribution < 1.29 is 9.53 Å². The Hall–Kier alpha value is -0.770. The first-order chi connectivity index (χ1) is 9.37. The van der Waals surface area contributed by atoms with Crippen LogP contribution in [0.15, 0.2) is 0 Å². The highest BCUT2D eigenvalue weighted by atomic mass is 16.6. The maximum atomic E-state index is 11.7. The lowest BCUT2D eigenvalue weighted by Gasteiger charge is -2.28. The number of rotatable bonds is 4. The first-order valence-corrected chi connectivity index (χ1v) is 8.13. The molecule has 2 unspecified atom stereocenters. The zero-order valence-electron chi connectivity index (χ0n) is 13.4. The lowest BCUT2D eigenvalue weighted by molar-refractivity contribution is 0.0521. The Morgan fingerprint density at radius 2 is 1.80 bits per heavy atom. The molecule has 0 heterocycles. The lowest BCUT2D eigenvalue weighted by Crippen LogP contribution is -2.40. The van der Waals surface area contributed by atoms with E-state index >= 15 is 0 Å². The van der Waals surface area contributed by atoms with Crippen LogP contribution in [0, 0.1) is 5.92 Å². The summed E-state index contributed by atoms with van der Waals surface area (Å²) >= 11 is 0. The van der Waals surface area contributed by atoms with Crippen molar-refractivity contribution in [2.24, 2.45) is 5.92 Å². The molecule has 2 fully saturated rings. The summed E-state index contributed by atoms with van der Waals surface area (Å²) < 4.78 is 5.28. The SMILES string of the molecule is CCC1CCC(NC2CC2NC(=O)OC(C)(C)C)CC1. The van der Waals surface area contributed by atoms with Gasteiger partial charge in [-0.05, 0) is 58.8 Å². The summed E-state index contributed by atoms with van der Waals surface area (Å²) in [6.07, 6.45) is 7.34. The van der Waals surface area contributed by atoms with Crippen LogP contribution in [0.25, 0.3) is 0 Å². The molecule has 116 valence electrons. The smallest absolute Gasteiger partial charge is 0.407 e. The molecule has 0 aromatic carbocycles. The van der Waals surface area contributed by atoms with Crippen LogP contribution < -0.4 is 10.6 Å². The summed E-state index contributed by atoms with van der Waals surface area (Å²) in [7, 11) is 0. The second-order valence-corrected chi connectivity index (χ2v) is 7.39. The fraction of sp³-hybridized carbons (Fsp3) is 0.938. The number of carbonyl (C=O) groups is 1. The largest absolute Gasteiger partial charge is 0.444 e. The van der Waals surface area contributed by atoms with Crippen molar-refractivity contribution in [2.75, 3.05) is 0 Å². The molecule has 4 heteroatoms. The van der Waals surface area contributed by atoms with Gasteiger partial charge in [0.2, 0.25) is 0 Å². The number of alkyl carbamates (subject to hydrolysis) is 1. The van der Waals surface area contributed by atoms with Crippen molar-refractivity contribution in [3.8, 4) is 0 Å². The summed E-state index contributed by atoms with van der Waals surface area (Å²) in [4.78, 5) is 11.7. The van der Waals surface area contributed by atoms with Crippen molar-refractivity contribution in [3.63, 3.8) is 0 Å². The van der Waals surface area contributed by atoms with Crippen molar-refractivity contribution in [2.45, 2.75) is 89.9 Å². The predicted molar refractivity (Wildman–Crippen MR) is 80.7 cm³/mol. The zero-order chi connectivity index (χ0) is 14.8. The Bertz CT molecular complexity index is 330. The lowest BCUT2D eigenvalue weighted by atomic mass is 9.84. The standard InChI is InChI=1S/C16H30N2O2/c1-5-11-6-8-12(9-7-11)17-13-10-14(13)18-15(19)20-16(2,3)4/h11-14,17H,5-10H2,1-4H3,(H,18,19). The molecular formula is C16H30N2O2. The third-order valence-corrected chi connectivity index (χ3v) is 4.37. The van der Waals surface area contributed by atoms with Gasteiger partial charge in [0.15, 0.2) is 0 Å². The second-order valence-electron chi connectivity index (χ2n) is 7.39. The molecule has 0 spiro atoms. The van der Waals surface area contributed by atoms with Gasteiger partial charge in [0.25, 0.3) is 0 Å². The highest BCUT2D eigenvalue weighted by molar-refractivity contribution is 5.68. The van der Waals surface area contributed by atoms with Gasteiger partial charge >= 0.3 is 6.09 Å². The van der Waals surface area contributed by atoms with Gasteiger partial charge in [-0.25, -0.2) is 4.79 Å². The molecule has 0 radical (unpaired) electrons. The van der Waals surface area contributed by atoms with Crippen molar-refractivity contribution >= 4 is 6.09 Å². The minimum absolute atomic E-state index is 0.258. The van der Waals surface area contributed by atoms with Crippen molar-refractivity contribution in [1.29, 1.82) is 0 Å². The van der Waals surface area contributed by atoms with Gasteiger partial charge in [0.1, 0.15) is 5.60 Å². The summed E-state index contributed by atoms with van der Waals surface area (Å²) in [5.41, 5.74) is -0.416. The van der Waals surface area contributed by atoms with Crippen LogP contribution in [0.3, 0.4) is 0 Å². The third kappa shape index (κ3) is 4.97.